The molecule has 0 fully saturated rings. The molecule has 0 unspecified atom stereocenters. The van der Waals surface area contributed by atoms with Crippen LogP contribution in [0.1, 0.15) is 46.0 Å². The summed E-state index contributed by atoms with van der Waals surface area (Å²) >= 11 is 0. The highest BCUT2D eigenvalue weighted by Gasteiger charge is 2.23. The molecule has 0 aliphatic rings. The van der Waals surface area contributed by atoms with Crippen molar-refractivity contribution in [3.8, 4) is 0 Å². The van der Waals surface area contributed by atoms with Gasteiger partial charge in [0.1, 0.15) is 5.69 Å². The van der Waals surface area contributed by atoms with Crippen molar-refractivity contribution in [2.75, 3.05) is 20.6 Å². The van der Waals surface area contributed by atoms with E-state index in [4.69, 9.17) is 4.74 Å². The van der Waals surface area contributed by atoms with E-state index in [1.807, 2.05) is 0 Å². The van der Waals surface area contributed by atoms with Gasteiger partial charge in [0.15, 0.2) is 0 Å². The Labute approximate surface area is 130 Å². The number of ether oxygens (including phenoxy) is 1. The molecule has 7 heteroatoms. The first-order valence-corrected chi connectivity index (χ1v) is 7.03. The number of aromatic nitrogens is 1. The maximum atomic E-state index is 12.1. The molecule has 1 aromatic heterocycles. The number of nitrogens with zero attached hydrogens (tertiary/aromatic N) is 1. The van der Waals surface area contributed by atoms with Crippen LogP contribution in [0.25, 0.3) is 0 Å². The van der Waals surface area contributed by atoms with Gasteiger partial charge in [0, 0.05) is 19.8 Å². The SMILES string of the molecule is Cc1[nH]c(C(=O)NCC(=O)N(C)C)c(C)c1C(=O)OC(C)C. The quantitative estimate of drug-likeness (QED) is 0.794. The highest BCUT2D eigenvalue weighted by atomic mass is 16.5. The van der Waals surface area contributed by atoms with Crippen LogP contribution in [-0.4, -0.2) is 54.4 Å². The van der Waals surface area contributed by atoms with Crippen molar-refractivity contribution in [2.24, 2.45) is 0 Å². The molecule has 2 amide bonds. The number of hydrogen-bond donors (Lipinski definition) is 2. The third-order valence-corrected chi connectivity index (χ3v) is 3.11. The first-order chi connectivity index (χ1) is 10.1. The second kappa shape index (κ2) is 7.11. The van der Waals surface area contributed by atoms with E-state index >= 15 is 0 Å². The number of aromatic amines is 1. The molecule has 0 aliphatic carbocycles. The third kappa shape index (κ3) is 4.09. The standard InChI is InChI=1S/C15H23N3O4/c1-8(2)22-15(21)12-9(3)13(17-10(12)4)14(20)16-7-11(19)18(5)6/h8,17H,7H2,1-6H3,(H,16,20). The van der Waals surface area contributed by atoms with Gasteiger partial charge in [-0.05, 0) is 33.3 Å². The van der Waals surface area contributed by atoms with Gasteiger partial charge in [0.2, 0.25) is 5.91 Å². The molecule has 0 saturated heterocycles. The largest absolute Gasteiger partial charge is 0.459 e. The second-order valence-corrected chi connectivity index (χ2v) is 5.55. The van der Waals surface area contributed by atoms with Crippen molar-refractivity contribution in [3.05, 3.63) is 22.5 Å². The molecule has 0 radical (unpaired) electrons. The Kier molecular flexibility index (Phi) is 5.73. The fourth-order valence-electron chi connectivity index (χ4n) is 1.96. The Hall–Kier alpha value is -2.31. The fraction of sp³-hybridized carbons (Fsp3) is 0.533. The van der Waals surface area contributed by atoms with Crippen LogP contribution in [0.15, 0.2) is 0 Å². The lowest BCUT2D eigenvalue weighted by atomic mass is 10.1. The fourth-order valence-corrected chi connectivity index (χ4v) is 1.96. The molecule has 0 aliphatic heterocycles. The highest BCUT2D eigenvalue weighted by molar-refractivity contribution is 6.01. The maximum absolute atomic E-state index is 12.1. The number of nitrogens with one attached hydrogen (secondary N) is 2. The number of carbonyl (C=O) groups excluding carboxylic acids is 3. The summed E-state index contributed by atoms with van der Waals surface area (Å²) in [7, 11) is 3.22. The van der Waals surface area contributed by atoms with E-state index in [2.05, 4.69) is 10.3 Å². The van der Waals surface area contributed by atoms with E-state index < -0.39 is 11.9 Å². The zero-order chi connectivity index (χ0) is 17.0. The number of likely N-dealkylation sites (N-methyl/N-ethyl adjacent to an activating group) is 1. The monoisotopic (exact) mass is 309 g/mol. The van der Waals surface area contributed by atoms with Gasteiger partial charge in [0.05, 0.1) is 18.2 Å². The Morgan fingerprint density at radius 1 is 1.23 bits per heavy atom. The molecule has 2 N–H and O–H groups in total. The summed E-state index contributed by atoms with van der Waals surface area (Å²) in [5.41, 5.74) is 1.70. The minimum Gasteiger partial charge on any atom is -0.459 e. The Morgan fingerprint density at radius 3 is 2.32 bits per heavy atom. The van der Waals surface area contributed by atoms with Crippen molar-refractivity contribution in [2.45, 2.75) is 33.8 Å². The first kappa shape index (κ1) is 17.7. The van der Waals surface area contributed by atoms with Crippen LogP contribution in [0, 0.1) is 13.8 Å². The van der Waals surface area contributed by atoms with Gasteiger partial charge in [-0.1, -0.05) is 0 Å². The summed E-state index contributed by atoms with van der Waals surface area (Å²) in [4.78, 5) is 40.0. The molecule has 0 spiro atoms. The lowest BCUT2D eigenvalue weighted by Crippen LogP contribution is -2.36. The molecule has 1 aromatic rings. The maximum Gasteiger partial charge on any atom is 0.340 e. The number of amides is 2. The van der Waals surface area contributed by atoms with Crippen molar-refractivity contribution in [1.29, 1.82) is 0 Å². The average molecular weight is 309 g/mol. The zero-order valence-electron chi connectivity index (χ0n) is 13.9. The van der Waals surface area contributed by atoms with Gasteiger partial charge in [-0.15, -0.1) is 0 Å². The third-order valence-electron chi connectivity index (χ3n) is 3.11. The summed E-state index contributed by atoms with van der Waals surface area (Å²) < 4.78 is 5.17. The van der Waals surface area contributed by atoms with Crippen molar-refractivity contribution < 1.29 is 19.1 Å². The molecule has 0 atom stereocenters. The van der Waals surface area contributed by atoms with E-state index in [-0.39, 0.29) is 24.2 Å². The summed E-state index contributed by atoms with van der Waals surface area (Å²) in [6.07, 6.45) is -0.240. The lowest BCUT2D eigenvalue weighted by Gasteiger charge is -2.11. The zero-order valence-corrected chi connectivity index (χ0v) is 13.9. The van der Waals surface area contributed by atoms with Crippen molar-refractivity contribution in [3.63, 3.8) is 0 Å². The highest BCUT2D eigenvalue weighted by Crippen LogP contribution is 2.19. The molecule has 22 heavy (non-hydrogen) atoms. The van der Waals surface area contributed by atoms with Crippen LogP contribution >= 0.6 is 0 Å². The molecule has 1 heterocycles. The predicted octanol–water partition coefficient (Wildman–Crippen LogP) is 1.01. The van der Waals surface area contributed by atoms with E-state index in [1.165, 1.54) is 4.90 Å². The minimum atomic E-state index is -0.468. The van der Waals surface area contributed by atoms with Crippen LogP contribution in [0.4, 0.5) is 0 Å². The molecule has 0 saturated carbocycles. The minimum absolute atomic E-state index is 0.102. The van der Waals surface area contributed by atoms with Gasteiger partial charge in [-0.3, -0.25) is 9.59 Å². The molecular formula is C15H23N3O4. The Morgan fingerprint density at radius 2 is 1.82 bits per heavy atom. The summed E-state index contributed by atoms with van der Waals surface area (Å²) in [5.74, 6) is -1.11. The summed E-state index contributed by atoms with van der Waals surface area (Å²) in [6, 6.07) is 0. The van der Waals surface area contributed by atoms with Crippen LogP contribution in [0.2, 0.25) is 0 Å². The topological polar surface area (TPSA) is 91.5 Å². The number of esters is 1. The smallest absolute Gasteiger partial charge is 0.340 e. The molecule has 0 bridgehead atoms. The van der Waals surface area contributed by atoms with E-state index in [9.17, 15) is 14.4 Å². The van der Waals surface area contributed by atoms with Crippen molar-refractivity contribution >= 4 is 17.8 Å². The summed E-state index contributed by atoms with van der Waals surface area (Å²) in [5, 5.41) is 2.53. The van der Waals surface area contributed by atoms with Gasteiger partial charge in [0.25, 0.3) is 5.91 Å². The number of rotatable bonds is 5. The van der Waals surface area contributed by atoms with Gasteiger partial charge < -0.3 is 19.9 Å². The average Bonchev–Trinajstić information content (AvgIpc) is 2.69. The Balaban J connectivity index is 2.91. The van der Waals surface area contributed by atoms with Crippen molar-refractivity contribution in [1.82, 2.24) is 15.2 Å². The number of hydrogen-bond acceptors (Lipinski definition) is 4. The lowest BCUT2D eigenvalue weighted by molar-refractivity contribution is -0.127. The molecular weight excluding hydrogens is 286 g/mol. The van der Waals surface area contributed by atoms with Gasteiger partial charge >= 0.3 is 5.97 Å². The van der Waals surface area contributed by atoms with Crippen LogP contribution in [0.5, 0.6) is 0 Å². The normalized spacial score (nSPS) is 10.5. The van der Waals surface area contributed by atoms with E-state index in [0.717, 1.165) is 0 Å². The molecule has 122 valence electrons. The Bertz CT molecular complexity index is 588. The number of carbonyl (C=O) groups is 3. The second-order valence-electron chi connectivity index (χ2n) is 5.55. The molecule has 1 rings (SSSR count). The summed E-state index contributed by atoms with van der Waals surface area (Å²) in [6.45, 7) is 6.79. The van der Waals surface area contributed by atoms with Gasteiger partial charge in [-0.25, -0.2) is 4.79 Å². The first-order valence-electron chi connectivity index (χ1n) is 7.03. The molecule has 7 nitrogen and oxygen atoms in total. The number of H-pyrrole nitrogens is 1. The van der Waals surface area contributed by atoms with E-state index in [1.54, 1.807) is 41.8 Å². The van der Waals surface area contributed by atoms with Crippen LogP contribution in [0.3, 0.4) is 0 Å². The molecule has 0 aromatic carbocycles. The van der Waals surface area contributed by atoms with Crippen LogP contribution in [-0.2, 0) is 9.53 Å². The van der Waals surface area contributed by atoms with E-state index in [0.29, 0.717) is 16.8 Å². The predicted molar refractivity (Wildman–Crippen MR) is 81.8 cm³/mol. The number of aryl methyl sites for hydroxylation is 1. The van der Waals surface area contributed by atoms with Gasteiger partial charge in [-0.2, -0.15) is 0 Å². The van der Waals surface area contributed by atoms with Crippen LogP contribution < -0.4 is 5.32 Å².